The maximum Gasteiger partial charge on any atom is 0.211 e. The van der Waals surface area contributed by atoms with Crippen LogP contribution < -0.4 is 0 Å². The molecule has 0 aromatic heterocycles. The van der Waals surface area contributed by atoms with Crippen molar-refractivity contribution in [2.75, 3.05) is 0 Å². The summed E-state index contributed by atoms with van der Waals surface area (Å²) in [6.07, 6.45) is 0. The molecule has 1 heterocycles. The molecule has 7 rings (SSSR count). The molecule has 0 bridgehead atoms. The standard InChI is InChI=1S/C37H27NO2/c1-26-22-24-29(25-23-26)34-36(30-18-10-4-11-19-30)35(39)32(27-14-6-2-7-15-27)33(28-16-8-3-9-17-28)37(36,40-38-34)31-20-12-5-13-21-31/h2-25H,1H3/t36-,37+/m0/s1. The van der Waals surface area contributed by atoms with E-state index in [-0.39, 0.29) is 5.78 Å². The zero-order chi connectivity index (χ0) is 27.2. The van der Waals surface area contributed by atoms with E-state index in [1.807, 2.05) is 109 Å². The third-order valence-electron chi connectivity index (χ3n) is 8.16. The predicted molar refractivity (Wildman–Crippen MR) is 160 cm³/mol. The Morgan fingerprint density at radius 2 is 1.05 bits per heavy atom. The van der Waals surface area contributed by atoms with Crippen LogP contribution in [0.2, 0.25) is 0 Å². The lowest BCUT2D eigenvalue weighted by atomic mass is 9.59. The van der Waals surface area contributed by atoms with Gasteiger partial charge in [-0.25, -0.2) is 0 Å². The van der Waals surface area contributed by atoms with Gasteiger partial charge in [0.05, 0.1) is 0 Å². The highest BCUT2D eigenvalue weighted by molar-refractivity contribution is 6.46. The van der Waals surface area contributed by atoms with E-state index in [0.717, 1.165) is 39.0 Å². The van der Waals surface area contributed by atoms with Crippen molar-refractivity contribution in [1.82, 2.24) is 0 Å². The number of carbonyl (C=O) groups is 1. The van der Waals surface area contributed by atoms with Crippen molar-refractivity contribution in [2.45, 2.75) is 17.9 Å². The van der Waals surface area contributed by atoms with Crippen LogP contribution in [0.3, 0.4) is 0 Å². The number of hydrogen-bond donors (Lipinski definition) is 0. The third kappa shape index (κ3) is 3.24. The maximum absolute atomic E-state index is 15.5. The zero-order valence-corrected chi connectivity index (χ0v) is 22.1. The Kier molecular flexibility index (Phi) is 5.60. The van der Waals surface area contributed by atoms with Crippen LogP contribution in [-0.4, -0.2) is 11.5 Å². The quantitative estimate of drug-likeness (QED) is 0.239. The normalized spacial score (nSPS) is 21.6. The molecule has 3 heteroatoms. The Morgan fingerprint density at radius 1 is 0.550 bits per heavy atom. The van der Waals surface area contributed by atoms with Crippen LogP contribution in [0, 0.1) is 6.92 Å². The van der Waals surface area contributed by atoms with E-state index in [0.29, 0.717) is 11.3 Å². The minimum atomic E-state index is -1.26. The lowest BCUT2D eigenvalue weighted by Gasteiger charge is -2.40. The summed E-state index contributed by atoms with van der Waals surface area (Å²) in [6.45, 7) is 2.06. The van der Waals surface area contributed by atoms with E-state index in [1.165, 1.54) is 0 Å². The van der Waals surface area contributed by atoms with Crippen LogP contribution in [0.4, 0.5) is 0 Å². The van der Waals surface area contributed by atoms with E-state index in [2.05, 4.69) is 43.3 Å². The van der Waals surface area contributed by atoms with E-state index in [9.17, 15) is 0 Å². The van der Waals surface area contributed by atoms with Gasteiger partial charge in [0.15, 0.2) is 11.2 Å². The van der Waals surface area contributed by atoms with Gasteiger partial charge in [-0.3, -0.25) is 4.79 Å². The van der Waals surface area contributed by atoms with Gasteiger partial charge in [-0.05, 0) is 23.6 Å². The molecule has 0 saturated carbocycles. The lowest BCUT2D eigenvalue weighted by molar-refractivity contribution is -0.121. The number of aryl methyl sites for hydroxylation is 1. The molecule has 0 radical (unpaired) electrons. The number of oxime groups is 1. The van der Waals surface area contributed by atoms with Gasteiger partial charge < -0.3 is 4.84 Å². The smallest absolute Gasteiger partial charge is 0.211 e. The van der Waals surface area contributed by atoms with Crippen molar-refractivity contribution in [3.8, 4) is 0 Å². The zero-order valence-electron chi connectivity index (χ0n) is 22.1. The second-order valence-corrected chi connectivity index (χ2v) is 10.4. The van der Waals surface area contributed by atoms with Gasteiger partial charge in [-0.2, -0.15) is 0 Å². The van der Waals surface area contributed by atoms with Crippen molar-refractivity contribution in [3.63, 3.8) is 0 Å². The molecule has 0 fully saturated rings. The van der Waals surface area contributed by atoms with E-state index < -0.39 is 11.0 Å². The number of fused-ring (bicyclic) bond motifs is 1. The van der Waals surface area contributed by atoms with Crippen molar-refractivity contribution in [3.05, 3.63) is 179 Å². The monoisotopic (exact) mass is 517 g/mol. The summed E-state index contributed by atoms with van der Waals surface area (Å²) in [5.41, 5.74) is 5.11. The molecule has 2 atom stereocenters. The summed E-state index contributed by atoms with van der Waals surface area (Å²) in [5, 5.41) is 4.83. The van der Waals surface area contributed by atoms with Gasteiger partial charge in [-0.1, -0.05) is 156 Å². The summed E-state index contributed by atoms with van der Waals surface area (Å²) < 4.78 is 0. The SMILES string of the molecule is Cc1ccc(C2=NO[C@]3(c4ccccc4)C(c4ccccc4)=C(c4ccccc4)C(=O)[C@]23c2ccccc2)cc1. The molecule has 0 saturated heterocycles. The number of benzene rings is 5. The van der Waals surface area contributed by atoms with E-state index in [1.54, 1.807) is 0 Å². The van der Waals surface area contributed by atoms with Crippen molar-refractivity contribution in [1.29, 1.82) is 0 Å². The first-order valence-electron chi connectivity index (χ1n) is 13.5. The fraction of sp³-hybridized carbons (Fsp3) is 0.0811. The molecule has 1 aliphatic carbocycles. The number of allylic oxidation sites excluding steroid dienone is 1. The lowest BCUT2D eigenvalue weighted by Crippen LogP contribution is -2.53. The van der Waals surface area contributed by atoms with Crippen LogP contribution in [0.15, 0.2) is 151 Å². The number of nitrogens with zero attached hydrogens (tertiary/aromatic N) is 1. The molecule has 0 spiro atoms. The van der Waals surface area contributed by atoms with Gasteiger partial charge in [-0.15, -0.1) is 0 Å². The first-order chi connectivity index (χ1) is 19.7. The van der Waals surface area contributed by atoms with Crippen LogP contribution in [-0.2, 0) is 20.6 Å². The summed E-state index contributed by atoms with van der Waals surface area (Å²) in [6, 6.07) is 48.4. The Labute approximate surface area is 234 Å². The number of carbonyl (C=O) groups excluding carboxylic acids is 1. The highest BCUT2D eigenvalue weighted by Crippen LogP contribution is 2.65. The average Bonchev–Trinajstić information content (AvgIpc) is 3.49. The first kappa shape index (κ1) is 24.1. The van der Waals surface area contributed by atoms with Gasteiger partial charge in [0, 0.05) is 22.3 Å². The van der Waals surface area contributed by atoms with Crippen LogP contribution in [0.25, 0.3) is 11.1 Å². The molecule has 0 N–H and O–H groups in total. The maximum atomic E-state index is 15.5. The summed E-state index contributed by atoms with van der Waals surface area (Å²) in [4.78, 5) is 22.3. The third-order valence-corrected chi connectivity index (χ3v) is 8.16. The summed E-state index contributed by atoms with van der Waals surface area (Å²) in [7, 11) is 0. The molecule has 40 heavy (non-hydrogen) atoms. The fourth-order valence-electron chi connectivity index (χ4n) is 6.45. The van der Waals surface area contributed by atoms with Crippen LogP contribution in [0.5, 0.6) is 0 Å². The number of Topliss-reactive ketones (excluding diaryl/α,β-unsaturated/α-hetero) is 1. The second-order valence-electron chi connectivity index (χ2n) is 10.4. The summed E-state index contributed by atoms with van der Waals surface area (Å²) in [5.74, 6) is -0.0237. The van der Waals surface area contributed by atoms with E-state index in [4.69, 9.17) is 9.99 Å². The predicted octanol–water partition coefficient (Wildman–Crippen LogP) is 7.76. The molecule has 0 unspecified atom stereocenters. The van der Waals surface area contributed by atoms with Crippen LogP contribution in [0.1, 0.15) is 33.4 Å². The molecule has 5 aromatic carbocycles. The van der Waals surface area contributed by atoms with Crippen molar-refractivity contribution < 1.29 is 9.63 Å². The minimum Gasteiger partial charge on any atom is -0.377 e. The van der Waals surface area contributed by atoms with Crippen molar-refractivity contribution >= 4 is 22.6 Å². The number of hydrogen-bond acceptors (Lipinski definition) is 3. The highest BCUT2D eigenvalue weighted by Gasteiger charge is 2.74. The molecule has 3 nitrogen and oxygen atoms in total. The molecular formula is C37H27NO2. The molecular weight excluding hydrogens is 490 g/mol. The van der Waals surface area contributed by atoms with Crippen LogP contribution >= 0.6 is 0 Å². The highest BCUT2D eigenvalue weighted by atomic mass is 16.7. The topological polar surface area (TPSA) is 38.7 Å². The largest absolute Gasteiger partial charge is 0.377 e. The first-order valence-corrected chi connectivity index (χ1v) is 13.5. The molecule has 5 aromatic rings. The Morgan fingerprint density at radius 3 is 1.62 bits per heavy atom. The van der Waals surface area contributed by atoms with Crippen molar-refractivity contribution in [2.24, 2.45) is 5.16 Å². The van der Waals surface area contributed by atoms with Gasteiger partial charge >= 0.3 is 0 Å². The van der Waals surface area contributed by atoms with Gasteiger partial charge in [0.1, 0.15) is 5.71 Å². The minimum absolute atomic E-state index is 0.0237. The Bertz CT molecular complexity index is 1760. The summed E-state index contributed by atoms with van der Waals surface area (Å²) >= 11 is 0. The number of rotatable bonds is 5. The Hall–Kier alpha value is -5.02. The van der Waals surface area contributed by atoms with Gasteiger partial charge in [0.2, 0.25) is 5.60 Å². The molecule has 1 aliphatic heterocycles. The van der Waals surface area contributed by atoms with Gasteiger partial charge in [0.25, 0.3) is 0 Å². The average molecular weight is 518 g/mol. The fourth-order valence-corrected chi connectivity index (χ4v) is 6.45. The molecule has 192 valence electrons. The molecule has 0 amide bonds. The second kappa shape index (κ2) is 9.32. The van der Waals surface area contributed by atoms with E-state index >= 15 is 4.79 Å². The molecule has 2 aliphatic rings. The number of ketones is 1. The Balaban J connectivity index is 1.66.